The number of esters is 1. The summed E-state index contributed by atoms with van der Waals surface area (Å²) in [5.41, 5.74) is -3.66. The minimum absolute atomic E-state index is 0.403. The molecule has 0 saturated heterocycles. The molecule has 1 aromatic rings. The van der Waals surface area contributed by atoms with Gasteiger partial charge in [-0.3, -0.25) is 4.79 Å². The second-order valence-corrected chi connectivity index (χ2v) is 3.99. The van der Waals surface area contributed by atoms with Gasteiger partial charge in [0.2, 0.25) is 0 Å². The molecule has 0 aromatic heterocycles. The topological polar surface area (TPSA) is 83.8 Å². The van der Waals surface area contributed by atoms with Crippen LogP contribution < -0.4 is 0 Å². The summed E-state index contributed by atoms with van der Waals surface area (Å²) in [7, 11) is 0. The molecule has 0 aliphatic heterocycles. The number of rotatable bonds is 5. The van der Waals surface area contributed by atoms with Crippen LogP contribution in [0.1, 0.15) is 12.0 Å². The second kappa shape index (κ2) is 5.91. The molecule has 0 fully saturated rings. The van der Waals surface area contributed by atoms with E-state index in [1.54, 1.807) is 18.2 Å². The van der Waals surface area contributed by atoms with Crippen LogP contribution in [0.25, 0.3) is 0 Å². The average molecular weight is 292 g/mol. The Morgan fingerprint density at radius 1 is 1.15 bits per heavy atom. The zero-order valence-corrected chi connectivity index (χ0v) is 10.1. The van der Waals surface area contributed by atoms with E-state index in [4.69, 9.17) is 5.11 Å². The average Bonchev–Trinajstić information content (AvgIpc) is 2.35. The minimum Gasteiger partial charge on any atom is -0.481 e. The monoisotopic (exact) mass is 292 g/mol. The number of ether oxygens (including phenoxy) is 1. The molecule has 0 radical (unpaired) electrons. The smallest absolute Gasteiger partial charge is 0.428 e. The highest BCUT2D eigenvalue weighted by atomic mass is 19.4. The maximum Gasteiger partial charge on any atom is 0.428 e. The summed E-state index contributed by atoms with van der Waals surface area (Å²) in [4.78, 5) is 21.7. The van der Waals surface area contributed by atoms with E-state index >= 15 is 0 Å². The van der Waals surface area contributed by atoms with Crippen LogP contribution in [0.15, 0.2) is 30.3 Å². The molecule has 8 heteroatoms. The number of carboxylic acids is 1. The molecule has 0 spiro atoms. The lowest BCUT2D eigenvalue weighted by atomic mass is 9.99. The minimum atomic E-state index is -5.45. The van der Waals surface area contributed by atoms with Crippen molar-refractivity contribution in [3.8, 4) is 0 Å². The van der Waals surface area contributed by atoms with Gasteiger partial charge < -0.3 is 14.9 Å². The van der Waals surface area contributed by atoms with Crippen LogP contribution in [-0.4, -0.2) is 33.9 Å². The summed E-state index contributed by atoms with van der Waals surface area (Å²) >= 11 is 0. The molecule has 0 heterocycles. The third-order valence-electron chi connectivity index (χ3n) is 2.43. The molecule has 1 atom stereocenters. The third-order valence-corrected chi connectivity index (χ3v) is 2.43. The highest BCUT2D eigenvalue weighted by molar-refractivity contribution is 5.86. The van der Waals surface area contributed by atoms with Gasteiger partial charge in [0.15, 0.2) is 0 Å². The van der Waals surface area contributed by atoms with E-state index < -0.39 is 36.7 Å². The fourth-order valence-electron chi connectivity index (χ4n) is 1.35. The molecule has 20 heavy (non-hydrogen) atoms. The molecule has 0 aliphatic carbocycles. The number of halogens is 3. The Morgan fingerprint density at radius 3 is 2.15 bits per heavy atom. The van der Waals surface area contributed by atoms with E-state index in [0.717, 1.165) is 0 Å². The molecule has 110 valence electrons. The van der Waals surface area contributed by atoms with Gasteiger partial charge in [0.05, 0.1) is 6.42 Å². The SMILES string of the molecule is O=C(O)CC(O)(C(=O)OCc1ccccc1)C(F)(F)F. The van der Waals surface area contributed by atoms with E-state index in [1.165, 1.54) is 12.1 Å². The molecule has 1 aromatic carbocycles. The fourth-order valence-corrected chi connectivity index (χ4v) is 1.35. The van der Waals surface area contributed by atoms with Crippen molar-refractivity contribution >= 4 is 11.9 Å². The van der Waals surface area contributed by atoms with Crippen molar-refractivity contribution < 1.29 is 37.7 Å². The lowest BCUT2D eigenvalue weighted by Crippen LogP contribution is -2.54. The third kappa shape index (κ3) is 3.70. The lowest BCUT2D eigenvalue weighted by Gasteiger charge is -2.26. The van der Waals surface area contributed by atoms with Crippen LogP contribution in [-0.2, 0) is 20.9 Å². The summed E-state index contributed by atoms with van der Waals surface area (Å²) in [5, 5.41) is 17.7. The van der Waals surface area contributed by atoms with Gasteiger partial charge >= 0.3 is 18.1 Å². The molecule has 0 amide bonds. The molecule has 0 aliphatic rings. The lowest BCUT2D eigenvalue weighted by molar-refractivity contribution is -0.265. The molecule has 5 nitrogen and oxygen atoms in total. The summed E-state index contributed by atoms with van der Waals surface area (Å²) < 4.78 is 42.2. The first-order valence-corrected chi connectivity index (χ1v) is 5.39. The molecular weight excluding hydrogens is 281 g/mol. The zero-order valence-electron chi connectivity index (χ0n) is 10.1. The standard InChI is InChI=1S/C12H11F3O5/c13-12(14,15)11(19,6-9(16)17)10(18)20-7-8-4-2-1-3-5-8/h1-5,19H,6-7H2,(H,16,17). The van der Waals surface area contributed by atoms with E-state index in [-0.39, 0.29) is 0 Å². The van der Waals surface area contributed by atoms with Crippen LogP contribution in [0.3, 0.4) is 0 Å². The normalized spacial score (nSPS) is 14.4. The van der Waals surface area contributed by atoms with E-state index in [1.807, 2.05) is 0 Å². The van der Waals surface area contributed by atoms with Crippen molar-refractivity contribution in [3.05, 3.63) is 35.9 Å². The largest absolute Gasteiger partial charge is 0.481 e. The Hall–Kier alpha value is -2.09. The van der Waals surface area contributed by atoms with E-state index in [0.29, 0.717) is 5.56 Å². The van der Waals surface area contributed by atoms with Gasteiger partial charge in [-0.15, -0.1) is 0 Å². The fraction of sp³-hybridized carbons (Fsp3) is 0.333. The number of carbonyl (C=O) groups excluding carboxylic acids is 1. The van der Waals surface area contributed by atoms with Gasteiger partial charge in [-0.2, -0.15) is 13.2 Å². The number of alkyl halides is 3. The van der Waals surface area contributed by atoms with Crippen molar-refractivity contribution in [2.45, 2.75) is 24.8 Å². The first kappa shape index (κ1) is 16.0. The predicted octanol–water partition coefficient (Wildman–Crippen LogP) is 1.50. The van der Waals surface area contributed by atoms with Crippen molar-refractivity contribution in [1.82, 2.24) is 0 Å². The van der Waals surface area contributed by atoms with Gasteiger partial charge in [0, 0.05) is 0 Å². The van der Waals surface area contributed by atoms with Crippen LogP contribution in [0.4, 0.5) is 13.2 Å². The molecular formula is C12H11F3O5. The van der Waals surface area contributed by atoms with Crippen molar-refractivity contribution in [2.24, 2.45) is 0 Å². The number of benzene rings is 1. The molecule has 0 saturated carbocycles. The molecule has 2 N–H and O–H groups in total. The highest BCUT2D eigenvalue weighted by Gasteiger charge is 2.62. The van der Waals surface area contributed by atoms with Crippen molar-refractivity contribution in [2.75, 3.05) is 0 Å². The highest BCUT2D eigenvalue weighted by Crippen LogP contribution is 2.34. The van der Waals surface area contributed by atoms with Crippen molar-refractivity contribution in [3.63, 3.8) is 0 Å². The summed E-state index contributed by atoms with van der Waals surface area (Å²) in [6.07, 6.45) is -7.26. The Labute approximate surface area is 111 Å². The first-order chi connectivity index (χ1) is 9.17. The summed E-state index contributed by atoms with van der Waals surface area (Å²) in [6, 6.07) is 7.81. The van der Waals surface area contributed by atoms with Crippen LogP contribution in [0.2, 0.25) is 0 Å². The zero-order chi connectivity index (χ0) is 15.4. The number of aliphatic carboxylic acids is 1. The van der Waals surface area contributed by atoms with Gasteiger partial charge in [-0.25, -0.2) is 4.79 Å². The van der Waals surface area contributed by atoms with Gasteiger partial charge in [-0.05, 0) is 5.56 Å². The quantitative estimate of drug-likeness (QED) is 0.803. The predicted molar refractivity (Wildman–Crippen MR) is 59.5 cm³/mol. The summed E-state index contributed by atoms with van der Waals surface area (Å²) in [5.74, 6) is -4.02. The van der Waals surface area contributed by atoms with Gasteiger partial charge in [0.1, 0.15) is 6.61 Å². The molecule has 0 bridgehead atoms. The van der Waals surface area contributed by atoms with E-state index in [2.05, 4.69) is 4.74 Å². The maximum atomic E-state index is 12.6. The molecule has 1 unspecified atom stereocenters. The number of carboxylic acid groups (broad SMARTS) is 1. The number of hydrogen-bond acceptors (Lipinski definition) is 4. The first-order valence-electron chi connectivity index (χ1n) is 5.39. The Kier molecular flexibility index (Phi) is 4.72. The van der Waals surface area contributed by atoms with Gasteiger partial charge in [0.25, 0.3) is 5.60 Å². The van der Waals surface area contributed by atoms with Crippen LogP contribution in [0, 0.1) is 0 Å². The Morgan fingerprint density at radius 2 is 1.70 bits per heavy atom. The summed E-state index contributed by atoms with van der Waals surface area (Å²) in [6.45, 7) is -0.502. The maximum absolute atomic E-state index is 12.6. The Balaban J connectivity index is 2.82. The van der Waals surface area contributed by atoms with Crippen LogP contribution in [0.5, 0.6) is 0 Å². The van der Waals surface area contributed by atoms with Gasteiger partial charge in [-0.1, -0.05) is 30.3 Å². The number of aliphatic hydroxyl groups is 1. The number of hydrogen-bond donors (Lipinski definition) is 2. The van der Waals surface area contributed by atoms with Crippen molar-refractivity contribution in [1.29, 1.82) is 0 Å². The van der Waals surface area contributed by atoms with E-state index in [9.17, 15) is 27.9 Å². The van der Waals surface area contributed by atoms with Crippen LogP contribution >= 0.6 is 0 Å². The second-order valence-electron chi connectivity index (χ2n) is 3.99. The number of carbonyl (C=O) groups is 2. The molecule has 1 rings (SSSR count). The Bertz CT molecular complexity index is 486.